The largest absolute Gasteiger partial charge is 0.372 e. The highest BCUT2D eigenvalue weighted by Crippen LogP contribution is 2.09. The SMILES string of the molecule is CC(N)CC(=O)NCc1cccc(COCc2ccccc2)c1. The zero-order valence-corrected chi connectivity index (χ0v) is 13.5. The summed E-state index contributed by atoms with van der Waals surface area (Å²) in [5.74, 6) is -0.0225. The minimum absolute atomic E-state index is 0.0225. The lowest BCUT2D eigenvalue weighted by Gasteiger charge is -2.09. The lowest BCUT2D eigenvalue weighted by molar-refractivity contribution is -0.121. The number of nitrogens with one attached hydrogen (secondary N) is 1. The standard InChI is InChI=1S/C19H24N2O2/c1-15(20)10-19(22)21-12-17-8-5-9-18(11-17)14-23-13-16-6-3-2-4-7-16/h2-9,11,15H,10,12-14,20H2,1H3,(H,21,22). The molecule has 1 unspecified atom stereocenters. The zero-order chi connectivity index (χ0) is 16.5. The first-order chi connectivity index (χ1) is 11.1. The van der Waals surface area contributed by atoms with E-state index in [0.717, 1.165) is 16.7 Å². The fourth-order valence-corrected chi connectivity index (χ4v) is 2.26. The number of amides is 1. The molecule has 0 aliphatic carbocycles. The third kappa shape index (κ3) is 6.63. The number of ether oxygens (including phenoxy) is 1. The van der Waals surface area contributed by atoms with E-state index in [9.17, 15) is 4.79 Å². The first kappa shape index (κ1) is 17.2. The number of rotatable bonds is 8. The maximum atomic E-state index is 11.6. The Morgan fingerprint density at radius 3 is 2.43 bits per heavy atom. The molecule has 2 aromatic carbocycles. The number of carbonyl (C=O) groups is 1. The van der Waals surface area contributed by atoms with Crippen LogP contribution in [0.3, 0.4) is 0 Å². The van der Waals surface area contributed by atoms with Gasteiger partial charge in [-0.05, 0) is 23.6 Å². The van der Waals surface area contributed by atoms with Gasteiger partial charge in [0.1, 0.15) is 0 Å². The van der Waals surface area contributed by atoms with Crippen LogP contribution in [0.2, 0.25) is 0 Å². The minimum Gasteiger partial charge on any atom is -0.372 e. The van der Waals surface area contributed by atoms with Gasteiger partial charge in [-0.1, -0.05) is 54.6 Å². The molecule has 2 rings (SSSR count). The van der Waals surface area contributed by atoms with Gasteiger partial charge in [0, 0.05) is 19.0 Å². The lowest BCUT2D eigenvalue weighted by Crippen LogP contribution is -2.29. The summed E-state index contributed by atoms with van der Waals surface area (Å²) in [6, 6.07) is 18.0. The van der Waals surface area contributed by atoms with E-state index in [2.05, 4.69) is 11.4 Å². The van der Waals surface area contributed by atoms with E-state index in [0.29, 0.717) is 26.2 Å². The molecule has 0 spiro atoms. The Kier molecular flexibility index (Phi) is 6.78. The smallest absolute Gasteiger partial charge is 0.221 e. The van der Waals surface area contributed by atoms with Gasteiger partial charge < -0.3 is 15.8 Å². The fourth-order valence-electron chi connectivity index (χ4n) is 2.26. The molecule has 0 aromatic heterocycles. The predicted molar refractivity (Wildman–Crippen MR) is 91.5 cm³/mol. The number of hydrogen-bond donors (Lipinski definition) is 2. The van der Waals surface area contributed by atoms with Crippen molar-refractivity contribution < 1.29 is 9.53 Å². The highest BCUT2D eigenvalue weighted by atomic mass is 16.5. The second-order valence-electron chi connectivity index (χ2n) is 5.76. The van der Waals surface area contributed by atoms with Gasteiger partial charge in [-0.15, -0.1) is 0 Å². The summed E-state index contributed by atoms with van der Waals surface area (Å²) in [6.07, 6.45) is 0.347. The van der Waals surface area contributed by atoms with Crippen molar-refractivity contribution in [2.24, 2.45) is 5.73 Å². The van der Waals surface area contributed by atoms with Crippen LogP contribution in [0.15, 0.2) is 54.6 Å². The highest BCUT2D eigenvalue weighted by molar-refractivity contribution is 5.76. The van der Waals surface area contributed by atoms with Gasteiger partial charge in [-0.2, -0.15) is 0 Å². The molecule has 0 aliphatic rings. The van der Waals surface area contributed by atoms with Crippen molar-refractivity contribution >= 4 is 5.91 Å². The molecule has 4 nitrogen and oxygen atoms in total. The molecule has 0 bridgehead atoms. The first-order valence-corrected chi connectivity index (χ1v) is 7.85. The first-order valence-electron chi connectivity index (χ1n) is 7.85. The monoisotopic (exact) mass is 312 g/mol. The van der Waals surface area contributed by atoms with Crippen LogP contribution in [0.5, 0.6) is 0 Å². The molecule has 3 N–H and O–H groups in total. The van der Waals surface area contributed by atoms with E-state index >= 15 is 0 Å². The number of nitrogens with two attached hydrogens (primary N) is 1. The average Bonchev–Trinajstić information content (AvgIpc) is 2.54. The fraction of sp³-hybridized carbons (Fsp3) is 0.316. The molecule has 0 saturated carbocycles. The van der Waals surface area contributed by atoms with Crippen LogP contribution in [-0.4, -0.2) is 11.9 Å². The van der Waals surface area contributed by atoms with Crippen molar-refractivity contribution in [2.75, 3.05) is 0 Å². The van der Waals surface area contributed by atoms with Crippen molar-refractivity contribution in [3.8, 4) is 0 Å². The molecule has 23 heavy (non-hydrogen) atoms. The molecule has 122 valence electrons. The van der Waals surface area contributed by atoms with Gasteiger partial charge in [0.05, 0.1) is 13.2 Å². The minimum atomic E-state index is -0.118. The third-order valence-electron chi connectivity index (χ3n) is 3.37. The van der Waals surface area contributed by atoms with Gasteiger partial charge in [-0.3, -0.25) is 4.79 Å². The molecule has 0 saturated heterocycles. The van der Waals surface area contributed by atoms with Crippen molar-refractivity contribution in [3.05, 3.63) is 71.3 Å². The van der Waals surface area contributed by atoms with Gasteiger partial charge in [0.15, 0.2) is 0 Å². The van der Waals surface area contributed by atoms with Crippen LogP contribution in [0.4, 0.5) is 0 Å². The number of hydrogen-bond acceptors (Lipinski definition) is 3. The topological polar surface area (TPSA) is 64.4 Å². The van der Waals surface area contributed by atoms with Crippen LogP contribution >= 0.6 is 0 Å². The Hall–Kier alpha value is -2.17. The Bertz CT molecular complexity index is 612. The molecule has 0 radical (unpaired) electrons. The molecule has 1 amide bonds. The zero-order valence-electron chi connectivity index (χ0n) is 13.5. The molecular weight excluding hydrogens is 288 g/mol. The van der Waals surface area contributed by atoms with E-state index in [1.165, 1.54) is 0 Å². The number of benzene rings is 2. The van der Waals surface area contributed by atoms with Crippen molar-refractivity contribution in [1.82, 2.24) is 5.32 Å². The van der Waals surface area contributed by atoms with Gasteiger partial charge in [-0.25, -0.2) is 0 Å². The normalized spacial score (nSPS) is 11.9. The molecular formula is C19H24N2O2. The van der Waals surface area contributed by atoms with Crippen molar-refractivity contribution in [2.45, 2.75) is 39.1 Å². The Balaban J connectivity index is 1.79. The summed E-state index contributed by atoms with van der Waals surface area (Å²) in [4.78, 5) is 11.6. The van der Waals surface area contributed by atoms with Crippen LogP contribution < -0.4 is 11.1 Å². The van der Waals surface area contributed by atoms with Crippen LogP contribution in [0.25, 0.3) is 0 Å². The average molecular weight is 312 g/mol. The van der Waals surface area contributed by atoms with E-state index in [-0.39, 0.29) is 11.9 Å². The molecule has 0 heterocycles. The number of carbonyl (C=O) groups excluding carboxylic acids is 1. The summed E-state index contributed by atoms with van der Waals surface area (Å²) in [6.45, 7) is 3.48. The Labute approximate surface area is 137 Å². The maximum absolute atomic E-state index is 11.6. The van der Waals surface area contributed by atoms with Gasteiger partial charge >= 0.3 is 0 Å². The molecule has 1 atom stereocenters. The summed E-state index contributed by atoms with van der Waals surface area (Å²) in [5, 5.41) is 2.88. The Morgan fingerprint density at radius 2 is 1.70 bits per heavy atom. The highest BCUT2D eigenvalue weighted by Gasteiger charge is 2.05. The quantitative estimate of drug-likeness (QED) is 0.788. The predicted octanol–water partition coefficient (Wildman–Crippen LogP) is 2.76. The molecule has 0 fully saturated rings. The van der Waals surface area contributed by atoms with E-state index < -0.39 is 0 Å². The summed E-state index contributed by atoms with van der Waals surface area (Å²) < 4.78 is 5.74. The maximum Gasteiger partial charge on any atom is 0.221 e. The van der Waals surface area contributed by atoms with Gasteiger partial charge in [0.2, 0.25) is 5.91 Å². The van der Waals surface area contributed by atoms with Crippen molar-refractivity contribution in [1.29, 1.82) is 0 Å². The molecule has 4 heteroatoms. The Morgan fingerprint density at radius 1 is 1.04 bits per heavy atom. The second-order valence-corrected chi connectivity index (χ2v) is 5.76. The summed E-state index contributed by atoms with van der Waals surface area (Å²) in [7, 11) is 0. The lowest BCUT2D eigenvalue weighted by atomic mass is 10.1. The van der Waals surface area contributed by atoms with E-state index in [4.69, 9.17) is 10.5 Å². The van der Waals surface area contributed by atoms with Gasteiger partial charge in [0.25, 0.3) is 0 Å². The third-order valence-corrected chi connectivity index (χ3v) is 3.37. The van der Waals surface area contributed by atoms with Crippen LogP contribution in [0, 0.1) is 0 Å². The summed E-state index contributed by atoms with van der Waals surface area (Å²) >= 11 is 0. The second kappa shape index (κ2) is 9.08. The van der Waals surface area contributed by atoms with E-state index in [1.54, 1.807) is 0 Å². The summed E-state index contributed by atoms with van der Waals surface area (Å²) in [5.41, 5.74) is 8.93. The van der Waals surface area contributed by atoms with Crippen LogP contribution in [0.1, 0.15) is 30.0 Å². The molecule has 2 aromatic rings. The molecule has 0 aliphatic heterocycles. The van der Waals surface area contributed by atoms with E-state index in [1.807, 2.05) is 55.5 Å². The van der Waals surface area contributed by atoms with Crippen molar-refractivity contribution in [3.63, 3.8) is 0 Å². The van der Waals surface area contributed by atoms with Crippen LogP contribution in [-0.2, 0) is 29.3 Å².